The maximum absolute atomic E-state index is 12.4. The zero-order valence-electron chi connectivity index (χ0n) is 11.1. The molecule has 0 saturated heterocycles. The van der Waals surface area contributed by atoms with Crippen LogP contribution in [0.15, 0.2) is 30.4 Å². The number of fused-ring (bicyclic) bond motifs is 2. The summed E-state index contributed by atoms with van der Waals surface area (Å²) in [5.74, 6) is -1.75. The van der Waals surface area contributed by atoms with Crippen molar-refractivity contribution in [2.45, 2.75) is 13.3 Å². The summed E-state index contributed by atoms with van der Waals surface area (Å²) in [6.45, 7) is 1.84. The largest absolute Gasteiger partial charge is 0.481 e. The number of hydrogen-bond donors (Lipinski definition) is 2. The van der Waals surface area contributed by atoms with Crippen LogP contribution in [0.3, 0.4) is 0 Å². The molecule has 1 aromatic heterocycles. The molecule has 1 saturated carbocycles. The molecule has 1 aromatic rings. The Kier molecular flexibility index (Phi) is 3.04. The van der Waals surface area contributed by atoms with Crippen molar-refractivity contribution in [3.8, 4) is 0 Å². The van der Waals surface area contributed by atoms with Gasteiger partial charge in [0, 0.05) is 5.69 Å². The molecule has 1 amide bonds. The first-order valence-corrected chi connectivity index (χ1v) is 6.72. The van der Waals surface area contributed by atoms with Gasteiger partial charge in [0.25, 0.3) is 0 Å². The fourth-order valence-electron chi connectivity index (χ4n) is 3.34. The van der Waals surface area contributed by atoms with Crippen LogP contribution >= 0.6 is 0 Å². The number of aryl methyl sites for hydroxylation is 1. The summed E-state index contributed by atoms with van der Waals surface area (Å²) in [7, 11) is 0. The van der Waals surface area contributed by atoms with Gasteiger partial charge in [-0.05, 0) is 37.3 Å². The maximum atomic E-state index is 12.4. The van der Waals surface area contributed by atoms with Gasteiger partial charge in [0.2, 0.25) is 5.91 Å². The van der Waals surface area contributed by atoms with Crippen LogP contribution in [-0.4, -0.2) is 22.0 Å². The zero-order valence-corrected chi connectivity index (χ0v) is 11.1. The smallest absolute Gasteiger partial charge is 0.307 e. The lowest BCUT2D eigenvalue weighted by molar-refractivity contribution is -0.146. The predicted octanol–water partition coefficient (Wildman–Crippen LogP) is 1.85. The number of carboxylic acids is 1. The third-order valence-corrected chi connectivity index (χ3v) is 4.19. The van der Waals surface area contributed by atoms with Crippen molar-refractivity contribution in [1.29, 1.82) is 0 Å². The summed E-state index contributed by atoms with van der Waals surface area (Å²) in [6, 6.07) is 5.37. The van der Waals surface area contributed by atoms with E-state index in [0.717, 1.165) is 12.1 Å². The van der Waals surface area contributed by atoms with Crippen molar-refractivity contribution >= 4 is 17.7 Å². The summed E-state index contributed by atoms with van der Waals surface area (Å²) in [6.07, 6.45) is 4.66. The van der Waals surface area contributed by atoms with Gasteiger partial charge in [0.15, 0.2) is 0 Å². The van der Waals surface area contributed by atoms with Gasteiger partial charge >= 0.3 is 5.97 Å². The average molecular weight is 272 g/mol. The molecule has 0 spiro atoms. The number of hydrogen-bond acceptors (Lipinski definition) is 3. The van der Waals surface area contributed by atoms with E-state index in [4.69, 9.17) is 0 Å². The van der Waals surface area contributed by atoms with Gasteiger partial charge in [0.05, 0.1) is 11.8 Å². The van der Waals surface area contributed by atoms with Gasteiger partial charge < -0.3 is 10.4 Å². The summed E-state index contributed by atoms with van der Waals surface area (Å²) < 4.78 is 0. The number of carbonyl (C=O) groups is 2. The number of aromatic nitrogens is 1. The van der Waals surface area contributed by atoms with Crippen molar-refractivity contribution in [3.63, 3.8) is 0 Å². The van der Waals surface area contributed by atoms with Gasteiger partial charge in [-0.25, -0.2) is 4.98 Å². The molecule has 0 aliphatic heterocycles. The molecule has 2 aliphatic rings. The van der Waals surface area contributed by atoms with E-state index >= 15 is 0 Å². The SMILES string of the molecule is Cc1cccc(NC(=O)[C@H]2[C@@H](C(=O)O)[C@H]3C=C[C@@H]2C3)n1. The lowest BCUT2D eigenvalue weighted by Crippen LogP contribution is -2.36. The second-order valence-corrected chi connectivity index (χ2v) is 5.49. The summed E-state index contributed by atoms with van der Waals surface area (Å²) in [4.78, 5) is 28.0. The van der Waals surface area contributed by atoms with Crippen molar-refractivity contribution < 1.29 is 14.7 Å². The van der Waals surface area contributed by atoms with Crippen molar-refractivity contribution in [2.24, 2.45) is 23.7 Å². The minimum absolute atomic E-state index is 0.0151. The molecule has 2 aliphatic carbocycles. The van der Waals surface area contributed by atoms with E-state index in [1.807, 2.05) is 31.2 Å². The fourth-order valence-corrected chi connectivity index (χ4v) is 3.34. The molecule has 1 fully saturated rings. The normalized spacial score (nSPS) is 30.4. The lowest BCUT2D eigenvalue weighted by atomic mass is 9.82. The topological polar surface area (TPSA) is 79.3 Å². The molecule has 0 aromatic carbocycles. The van der Waals surface area contributed by atoms with Gasteiger partial charge in [0.1, 0.15) is 5.82 Å². The molecular weight excluding hydrogens is 256 g/mol. The molecule has 4 atom stereocenters. The highest BCUT2D eigenvalue weighted by molar-refractivity contribution is 5.95. The number of pyridine rings is 1. The van der Waals surface area contributed by atoms with E-state index in [0.29, 0.717) is 5.82 Å². The Morgan fingerprint density at radius 2 is 1.95 bits per heavy atom. The van der Waals surface area contributed by atoms with Crippen molar-refractivity contribution in [1.82, 2.24) is 4.98 Å². The number of anilines is 1. The Balaban J connectivity index is 1.80. The highest BCUT2D eigenvalue weighted by Gasteiger charge is 2.51. The number of aliphatic carboxylic acids is 1. The minimum atomic E-state index is -0.890. The van der Waals surface area contributed by atoms with Crippen LogP contribution in [0.5, 0.6) is 0 Å². The first-order valence-electron chi connectivity index (χ1n) is 6.72. The summed E-state index contributed by atoms with van der Waals surface area (Å²) in [5.41, 5.74) is 0.811. The molecule has 2 N–H and O–H groups in total. The maximum Gasteiger partial charge on any atom is 0.307 e. The number of rotatable bonds is 3. The molecule has 104 valence electrons. The highest BCUT2D eigenvalue weighted by atomic mass is 16.4. The monoisotopic (exact) mass is 272 g/mol. The third kappa shape index (κ3) is 2.09. The van der Waals surface area contributed by atoms with E-state index in [1.165, 1.54) is 0 Å². The Morgan fingerprint density at radius 3 is 2.60 bits per heavy atom. The Hall–Kier alpha value is -2.17. The molecule has 3 rings (SSSR count). The second-order valence-electron chi connectivity index (χ2n) is 5.49. The highest BCUT2D eigenvalue weighted by Crippen LogP contribution is 2.48. The first kappa shape index (κ1) is 12.8. The van der Waals surface area contributed by atoms with E-state index in [2.05, 4.69) is 10.3 Å². The molecule has 0 unspecified atom stereocenters. The van der Waals surface area contributed by atoms with Crippen LogP contribution in [0.4, 0.5) is 5.82 Å². The molecule has 0 radical (unpaired) electrons. The van der Waals surface area contributed by atoms with Crippen LogP contribution in [0.25, 0.3) is 0 Å². The van der Waals surface area contributed by atoms with Gasteiger partial charge in [-0.3, -0.25) is 9.59 Å². The second kappa shape index (κ2) is 4.74. The number of nitrogens with one attached hydrogen (secondary N) is 1. The molecular formula is C15H16N2O3. The average Bonchev–Trinajstić information content (AvgIpc) is 2.98. The molecule has 2 bridgehead atoms. The van der Waals surface area contributed by atoms with E-state index in [9.17, 15) is 14.7 Å². The molecule has 20 heavy (non-hydrogen) atoms. The van der Waals surface area contributed by atoms with Gasteiger partial charge in [-0.15, -0.1) is 0 Å². The zero-order chi connectivity index (χ0) is 14.3. The Labute approximate surface area is 116 Å². The third-order valence-electron chi connectivity index (χ3n) is 4.19. The number of amides is 1. The van der Waals surface area contributed by atoms with E-state index < -0.39 is 17.8 Å². The van der Waals surface area contributed by atoms with Crippen LogP contribution in [0.2, 0.25) is 0 Å². The van der Waals surface area contributed by atoms with E-state index in [-0.39, 0.29) is 17.7 Å². The first-order chi connectivity index (χ1) is 9.56. The molecule has 5 nitrogen and oxygen atoms in total. The predicted molar refractivity (Wildman–Crippen MR) is 73.0 cm³/mol. The number of allylic oxidation sites excluding steroid dienone is 2. The fraction of sp³-hybridized carbons (Fsp3) is 0.400. The van der Waals surface area contributed by atoms with E-state index in [1.54, 1.807) is 6.07 Å². The van der Waals surface area contributed by atoms with Gasteiger partial charge in [-0.1, -0.05) is 18.2 Å². The molecule has 1 heterocycles. The quantitative estimate of drug-likeness (QED) is 0.823. The van der Waals surface area contributed by atoms with Crippen LogP contribution < -0.4 is 5.32 Å². The number of carboxylic acid groups (broad SMARTS) is 1. The van der Waals surface area contributed by atoms with Crippen LogP contribution in [0, 0.1) is 30.6 Å². The van der Waals surface area contributed by atoms with Crippen LogP contribution in [-0.2, 0) is 9.59 Å². The summed E-state index contributed by atoms with van der Waals surface area (Å²) in [5, 5.41) is 12.1. The summed E-state index contributed by atoms with van der Waals surface area (Å²) >= 11 is 0. The van der Waals surface area contributed by atoms with Crippen molar-refractivity contribution in [2.75, 3.05) is 5.32 Å². The standard InChI is InChI=1S/C15H16N2O3/c1-8-3-2-4-11(16-8)17-14(18)12-9-5-6-10(7-9)13(12)15(19)20/h2-6,9-10,12-13H,7H2,1H3,(H,19,20)(H,16,17,18)/t9-,10+,12-,13+/m1/s1. The van der Waals surface area contributed by atoms with Crippen LogP contribution in [0.1, 0.15) is 12.1 Å². The number of nitrogens with zero attached hydrogens (tertiary/aromatic N) is 1. The van der Waals surface area contributed by atoms with Crippen molar-refractivity contribution in [3.05, 3.63) is 36.0 Å². The minimum Gasteiger partial charge on any atom is -0.481 e. The Morgan fingerprint density at radius 1 is 1.25 bits per heavy atom. The molecule has 5 heteroatoms. The number of carbonyl (C=O) groups excluding carboxylic acids is 1. The Bertz CT molecular complexity index is 597. The van der Waals surface area contributed by atoms with Gasteiger partial charge in [-0.2, -0.15) is 0 Å². The lowest BCUT2D eigenvalue weighted by Gasteiger charge is -2.23.